The number of rotatable bonds is 4. The summed E-state index contributed by atoms with van der Waals surface area (Å²) in [5.41, 5.74) is 2.92. The van der Waals surface area contributed by atoms with E-state index in [0.717, 1.165) is 16.5 Å². The summed E-state index contributed by atoms with van der Waals surface area (Å²) < 4.78 is 0. The number of fused-ring (bicyclic) bond motifs is 2. The monoisotopic (exact) mass is 249 g/mol. The third kappa shape index (κ3) is 2.18. The van der Waals surface area contributed by atoms with Crippen molar-refractivity contribution in [2.24, 2.45) is 0 Å². The van der Waals surface area contributed by atoms with Crippen LogP contribution in [0.1, 0.15) is 0 Å². The fourth-order valence-corrected chi connectivity index (χ4v) is 2.25. The molecule has 0 bridgehead atoms. The average molecular weight is 249 g/mol. The van der Waals surface area contributed by atoms with E-state index in [2.05, 4.69) is 42.4 Å². The third-order valence-electron chi connectivity index (χ3n) is 3.12. The van der Waals surface area contributed by atoms with Crippen molar-refractivity contribution in [1.29, 1.82) is 0 Å². The number of hydroxylamine groups is 1. The number of hydrogen-bond donors (Lipinski definition) is 1. The van der Waals surface area contributed by atoms with Crippen LogP contribution in [0.15, 0.2) is 67.3 Å². The highest BCUT2D eigenvalue weighted by molar-refractivity contribution is 6.05. The highest BCUT2D eigenvalue weighted by Crippen LogP contribution is 2.34. The van der Waals surface area contributed by atoms with Crippen LogP contribution in [-0.4, -0.2) is 6.54 Å². The zero-order valence-corrected chi connectivity index (χ0v) is 10.6. The van der Waals surface area contributed by atoms with Gasteiger partial charge in [-0.05, 0) is 16.8 Å². The first kappa shape index (κ1) is 11.8. The Morgan fingerprint density at radius 2 is 1.53 bits per heavy atom. The van der Waals surface area contributed by atoms with E-state index < -0.39 is 0 Å². The van der Waals surface area contributed by atoms with Gasteiger partial charge in [-0.3, -0.25) is 0 Å². The second-order valence-corrected chi connectivity index (χ2v) is 4.39. The fraction of sp³-hybridized carbons (Fsp3) is 0.0588. The summed E-state index contributed by atoms with van der Waals surface area (Å²) in [6, 6.07) is 18.7. The van der Waals surface area contributed by atoms with Gasteiger partial charge in [-0.25, -0.2) is 0 Å². The molecule has 1 N–H and O–H groups in total. The van der Waals surface area contributed by atoms with Crippen molar-refractivity contribution in [1.82, 2.24) is 5.48 Å². The van der Waals surface area contributed by atoms with Gasteiger partial charge in [-0.1, -0.05) is 54.6 Å². The smallest absolute Gasteiger partial charge is 0.162 e. The first-order chi connectivity index (χ1) is 9.40. The highest BCUT2D eigenvalue weighted by Gasteiger charge is 2.08. The van der Waals surface area contributed by atoms with Gasteiger partial charge < -0.3 is 4.84 Å². The Labute approximate surface area is 112 Å². The molecule has 0 fully saturated rings. The normalized spacial score (nSPS) is 10.7. The van der Waals surface area contributed by atoms with E-state index in [4.69, 9.17) is 4.84 Å². The molecule has 94 valence electrons. The van der Waals surface area contributed by atoms with Crippen LogP contribution in [0.5, 0.6) is 5.75 Å². The van der Waals surface area contributed by atoms with Crippen molar-refractivity contribution < 1.29 is 4.84 Å². The lowest BCUT2D eigenvalue weighted by molar-refractivity contribution is 0.215. The summed E-state index contributed by atoms with van der Waals surface area (Å²) in [7, 11) is 0. The number of hydrogen-bond acceptors (Lipinski definition) is 2. The standard InChI is InChI=1S/C17H15NO/c1-2-11-18-19-17-15-9-5-3-7-13(15)12-14-8-4-6-10-16(14)17/h2-10,12,18H,1,11H2. The van der Waals surface area contributed by atoms with Crippen LogP contribution in [-0.2, 0) is 0 Å². The van der Waals surface area contributed by atoms with E-state index in [1.807, 2.05) is 24.3 Å². The summed E-state index contributed by atoms with van der Waals surface area (Å²) in [5.74, 6) is 0.871. The lowest BCUT2D eigenvalue weighted by Crippen LogP contribution is -2.18. The van der Waals surface area contributed by atoms with Crippen molar-refractivity contribution in [3.63, 3.8) is 0 Å². The summed E-state index contributed by atoms with van der Waals surface area (Å²) in [6.07, 6.45) is 1.77. The summed E-state index contributed by atoms with van der Waals surface area (Å²) in [6.45, 7) is 4.28. The molecule has 2 nitrogen and oxygen atoms in total. The Balaban J connectivity index is 2.23. The lowest BCUT2D eigenvalue weighted by atomic mass is 10.0. The molecule has 19 heavy (non-hydrogen) atoms. The molecule has 0 saturated carbocycles. The second kappa shape index (κ2) is 5.12. The van der Waals surface area contributed by atoms with Gasteiger partial charge in [-0.15, -0.1) is 6.58 Å². The van der Waals surface area contributed by atoms with Crippen LogP contribution in [0.4, 0.5) is 0 Å². The maximum absolute atomic E-state index is 5.75. The Morgan fingerprint density at radius 1 is 0.947 bits per heavy atom. The van der Waals surface area contributed by atoms with Crippen molar-refractivity contribution in [3.8, 4) is 5.75 Å². The molecule has 0 saturated heterocycles. The third-order valence-corrected chi connectivity index (χ3v) is 3.12. The summed E-state index contributed by atoms with van der Waals surface area (Å²) in [4.78, 5) is 5.75. The van der Waals surface area contributed by atoms with E-state index in [1.54, 1.807) is 6.08 Å². The Hall–Kier alpha value is -2.32. The molecule has 0 aromatic heterocycles. The molecule has 0 amide bonds. The van der Waals surface area contributed by atoms with Crippen LogP contribution < -0.4 is 10.3 Å². The van der Waals surface area contributed by atoms with Gasteiger partial charge in [0.15, 0.2) is 5.75 Å². The van der Waals surface area contributed by atoms with Crippen molar-refractivity contribution >= 4 is 21.5 Å². The Morgan fingerprint density at radius 3 is 2.11 bits per heavy atom. The predicted molar refractivity (Wildman–Crippen MR) is 80.3 cm³/mol. The molecule has 0 aliphatic carbocycles. The summed E-state index contributed by atoms with van der Waals surface area (Å²) in [5, 5.41) is 4.57. The van der Waals surface area contributed by atoms with Gasteiger partial charge in [-0.2, -0.15) is 5.48 Å². The lowest BCUT2D eigenvalue weighted by Gasteiger charge is -2.12. The average Bonchev–Trinajstić information content (AvgIpc) is 2.46. The van der Waals surface area contributed by atoms with Crippen molar-refractivity contribution in [3.05, 3.63) is 67.3 Å². The minimum absolute atomic E-state index is 0.609. The van der Waals surface area contributed by atoms with Gasteiger partial charge in [0.1, 0.15) is 0 Å². The number of benzene rings is 3. The molecule has 0 spiro atoms. The molecule has 3 aromatic carbocycles. The maximum atomic E-state index is 5.75. The predicted octanol–water partition coefficient (Wildman–Crippen LogP) is 4.06. The van der Waals surface area contributed by atoms with Gasteiger partial charge in [0.25, 0.3) is 0 Å². The molecule has 0 atom stereocenters. The van der Waals surface area contributed by atoms with Crippen LogP contribution >= 0.6 is 0 Å². The summed E-state index contributed by atoms with van der Waals surface area (Å²) >= 11 is 0. The van der Waals surface area contributed by atoms with E-state index >= 15 is 0 Å². The SMILES string of the molecule is C=CCNOc1c2ccccc2cc2ccccc12. The second-order valence-electron chi connectivity index (χ2n) is 4.39. The maximum Gasteiger partial charge on any atom is 0.162 e. The molecule has 0 aliphatic rings. The topological polar surface area (TPSA) is 21.3 Å². The zero-order chi connectivity index (χ0) is 13.1. The quantitative estimate of drug-likeness (QED) is 0.326. The van der Waals surface area contributed by atoms with E-state index in [0.29, 0.717) is 6.54 Å². The van der Waals surface area contributed by atoms with Crippen LogP contribution in [0.2, 0.25) is 0 Å². The molecule has 0 unspecified atom stereocenters. The van der Waals surface area contributed by atoms with Crippen LogP contribution in [0, 0.1) is 0 Å². The van der Waals surface area contributed by atoms with Crippen molar-refractivity contribution in [2.45, 2.75) is 0 Å². The minimum atomic E-state index is 0.609. The molecule has 0 aliphatic heterocycles. The minimum Gasteiger partial charge on any atom is -0.407 e. The fourth-order valence-electron chi connectivity index (χ4n) is 2.25. The molecular weight excluding hydrogens is 234 g/mol. The van der Waals surface area contributed by atoms with Gasteiger partial charge >= 0.3 is 0 Å². The van der Waals surface area contributed by atoms with E-state index in [-0.39, 0.29) is 0 Å². The first-order valence-corrected chi connectivity index (χ1v) is 6.31. The molecular formula is C17H15NO. The van der Waals surface area contributed by atoms with Crippen LogP contribution in [0.3, 0.4) is 0 Å². The Kier molecular flexibility index (Phi) is 3.17. The van der Waals surface area contributed by atoms with E-state index in [9.17, 15) is 0 Å². The molecule has 0 radical (unpaired) electrons. The van der Waals surface area contributed by atoms with Crippen molar-refractivity contribution in [2.75, 3.05) is 6.54 Å². The molecule has 2 heteroatoms. The van der Waals surface area contributed by atoms with Crippen LogP contribution in [0.25, 0.3) is 21.5 Å². The largest absolute Gasteiger partial charge is 0.407 e. The van der Waals surface area contributed by atoms with Gasteiger partial charge in [0.2, 0.25) is 0 Å². The highest BCUT2D eigenvalue weighted by atomic mass is 16.6. The number of nitrogens with one attached hydrogen (secondary N) is 1. The molecule has 0 heterocycles. The zero-order valence-electron chi connectivity index (χ0n) is 10.6. The Bertz CT molecular complexity index is 679. The van der Waals surface area contributed by atoms with Gasteiger partial charge in [0, 0.05) is 17.3 Å². The molecule has 3 rings (SSSR count). The van der Waals surface area contributed by atoms with Gasteiger partial charge in [0.05, 0.1) is 0 Å². The molecule has 3 aromatic rings. The van der Waals surface area contributed by atoms with E-state index in [1.165, 1.54) is 10.8 Å². The first-order valence-electron chi connectivity index (χ1n) is 6.31.